The third-order valence-corrected chi connectivity index (χ3v) is 2.59. The molecule has 4 nitrogen and oxygen atoms in total. The molecule has 92 valence electrons. The molecule has 0 unspecified atom stereocenters. The van der Waals surface area contributed by atoms with Crippen LogP contribution >= 0.6 is 11.6 Å². The molecule has 2 rings (SSSR count). The summed E-state index contributed by atoms with van der Waals surface area (Å²) >= 11 is 5.98. The second-order valence-electron chi connectivity index (χ2n) is 3.84. The molecule has 0 amide bonds. The highest BCUT2D eigenvalue weighted by Crippen LogP contribution is 2.29. The van der Waals surface area contributed by atoms with Crippen molar-refractivity contribution in [2.24, 2.45) is 5.73 Å². The van der Waals surface area contributed by atoms with Crippen LogP contribution < -0.4 is 5.73 Å². The maximum atomic E-state index is 7.88. The van der Waals surface area contributed by atoms with Crippen LogP contribution in [-0.2, 0) is 6.50 Å². The minimum absolute atomic E-state index is 0.349. The van der Waals surface area contributed by atoms with E-state index in [-0.39, 0.29) is 0 Å². The van der Waals surface area contributed by atoms with Crippen LogP contribution in [0.15, 0.2) is 30.5 Å². The van der Waals surface area contributed by atoms with Crippen molar-refractivity contribution < 1.29 is 2.74 Å². The number of rotatable bonds is 3. The highest BCUT2D eigenvalue weighted by atomic mass is 35.5. The van der Waals surface area contributed by atoms with Gasteiger partial charge in [0.05, 0.1) is 21.5 Å². The predicted molar refractivity (Wildman–Crippen MR) is 72.6 cm³/mol. The Hall–Kier alpha value is -1.83. The normalized spacial score (nSPS) is 14.6. The molecule has 0 spiro atoms. The summed E-state index contributed by atoms with van der Waals surface area (Å²) < 4.78 is 17.0. The van der Waals surface area contributed by atoms with Crippen LogP contribution in [0.5, 0.6) is 0 Å². The highest BCUT2D eigenvalue weighted by Gasteiger charge is 2.06. The average molecular weight is 263 g/mol. The molecule has 0 aliphatic heterocycles. The molecule has 0 bridgehead atoms. The fourth-order valence-corrected chi connectivity index (χ4v) is 1.74. The van der Waals surface area contributed by atoms with E-state index >= 15 is 0 Å². The zero-order valence-corrected chi connectivity index (χ0v) is 10.5. The molecule has 5 heteroatoms. The molecule has 1 aromatic heterocycles. The third kappa shape index (κ3) is 2.70. The van der Waals surface area contributed by atoms with E-state index < -0.39 is 12.5 Å². The molecule has 0 fully saturated rings. The van der Waals surface area contributed by atoms with Gasteiger partial charge in [0.2, 0.25) is 5.69 Å². The van der Waals surface area contributed by atoms with Crippen LogP contribution in [0.2, 0.25) is 5.02 Å². The summed E-state index contributed by atoms with van der Waals surface area (Å²) in [4.78, 5) is 3.29. The zero-order chi connectivity index (χ0) is 14.9. The van der Waals surface area contributed by atoms with E-state index in [9.17, 15) is 0 Å². The Kier molecular flexibility index (Phi) is 2.93. The molecule has 0 aliphatic carbocycles. The minimum atomic E-state index is -1.77. The molecule has 1 aromatic carbocycles. The fraction of sp³-hybridized carbons (Fsp3) is 0.231. The van der Waals surface area contributed by atoms with E-state index in [0.717, 1.165) is 5.56 Å². The van der Waals surface area contributed by atoms with E-state index in [0.29, 0.717) is 16.4 Å². The summed E-state index contributed by atoms with van der Waals surface area (Å²) in [7, 11) is 0. The van der Waals surface area contributed by atoms with E-state index in [2.05, 4.69) is 9.94 Å². The zero-order valence-electron chi connectivity index (χ0n) is 11.8. The van der Waals surface area contributed by atoms with Gasteiger partial charge in [-0.05, 0) is 19.1 Å². The predicted octanol–water partition coefficient (Wildman–Crippen LogP) is 3.10. The van der Waals surface area contributed by atoms with Crippen molar-refractivity contribution in [2.75, 3.05) is 0 Å². The van der Waals surface area contributed by atoms with Crippen molar-refractivity contribution in [1.82, 2.24) is 9.78 Å². The van der Waals surface area contributed by atoms with E-state index in [4.69, 9.17) is 26.6 Å². The van der Waals surface area contributed by atoms with Crippen LogP contribution in [-0.4, -0.2) is 15.8 Å². The molecule has 2 aromatic rings. The van der Waals surface area contributed by atoms with E-state index in [1.807, 2.05) is 0 Å². The number of hydrogen-bond donors (Lipinski definition) is 1. The average Bonchev–Trinajstić information content (AvgIpc) is 2.88. The first-order chi connectivity index (χ1) is 9.36. The van der Waals surface area contributed by atoms with Crippen molar-refractivity contribution in [3.8, 4) is 11.3 Å². The summed E-state index contributed by atoms with van der Waals surface area (Å²) in [6.07, 6.45) is 1.54. The van der Waals surface area contributed by atoms with Crippen LogP contribution in [0.1, 0.15) is 9.67 Å². The maximum Gasteiger partial charge on any atom is 0.205 e. The van der Waals surface area contributed by atoms with Crippen molar-refractivity contribution in [1.29, 1.82) is 0 Å². The van der Waals surface area contributed by atoms with Gasteiger partial charge in [-0.2, -0.15) is 5.10 Å². The second kappa shape index (κ2) is 5.21. The monoisotopic (exact) mass is 262 g/mol. The first-order valence-corrected chi connectivity index (χ1v) is 5.73. The van der Waals surface area contributed by atoms with Gasteiger partial charge in [-0.3, -0.25) is 4.68 Å². The Labute approximate surface area is 114 Å². The number of benzene rings is 1. The van der Waals surface area contributed by atoms with Gasteiger partial charge in [-0.15, -0.1) is 0 Å². The Morgan fingerprint density at radius 2 is 2.39 bits per heavy atom. The Balaban J connectivity index is 2.39. The Morgan fingerprint density at radius 1 is 1.61 bits per heavy atom. The SMILES string of the molecule is [2H]C([2H])([C@H](C)N)n1ccc(-c2ccc([N+]#[C-])c(Cl)c2)n1. The number of halogens is 1. The molecular weight excluding hydrogens is 248 g/mol. The lowest BCUT2D eigenvalue weighted by Crippen LogP contribution is -2.22. The lowest BCUT2D eigenvalue weighted by Gasteiger charge is -2.04. The Bertz CT molecular complexity index is 673. The van der Waals surface area contributed by atoms with Crippen LogP contribution in [0.4, 0.5) is 5.69 Å². The van der Waals surface area contributed by atoms with Gasteiger partial charge in [-0.1, -0.05) is 23.7 Å². The standard InChI is InChI=1S/C13H13ClN4/c1-9(15)8-18-6-5-12(17-18)10-3-4-13(16-2)11(14)7-10/h3-7,9H,8,15H2,1H3/t9-/m0/s1/i8D2. The molecule has 0 radical (unpaired) electrons. The summed E-state index contributed by atoms with van der Waals surface area (Å²) in [6, 6.07) is 5.98. The number of nitrogens with zero attached hydrogens (tertiary/aromatic N) is 3. The van der Waals surface area contributed by atoms with Gasteiger partial charge < -0.3 is 5.73 Å². The van der Waals surface area contributed by atoms with Crippen LogP contribution in [0.3, 0.4) is 0 Å². The quantitative estimate of drug-likeness (QED) is 0.864. The molecule has 0 aliphatic rings. The third-order valence-electron chi connectivity index (χ3n) is 2.29. The van der Waals surface area contributed by atoms with Crippen molar-refractivity contribution in [2.45, 2.75) is 19.5 Å². The summed E-state index contributed by atoms with van der Waals surface area (Å²) in [5, 5.41) is 4.54. The van der Waals surface area contributed by atoms with Gasteiger partial charge in [0.1, 0.15) is 0 Å². The van der Waals surface area contributed by atoms with Crippen molar-refractivity contribution in [3.63, 3.8) is 0 Å². The summed E-state index contributed by atoms with van der Waals surface area (Å²) in [5.74, 6) is 0. The molecule has 2 N–H and O–H groups in total. The first-order valence-electron chi connectivity index (χ1n) is 6.35. The number of nitrogens with two attached hydrogens (primary N) is 1. The van der Waals surface area contributed by atoms with Crippen molar-refractivity contribution >= 4 is 17.3 Å². The molecule has 18 heavy (non-hydrogen) atoms. The van der Waals surface area contributed by atoms with Crippen molar-refractivity contribution in [3.05, 3.63) is 46.9 Å². The van der Waals surface area contributed by atoms with Crippen LogP contribution in [0, 0.1) is 6.57 Å². The molecular formula is C13H13ClN4. The lowest BCUT2D eigenvalue weighted by molar-refractivity contribution is 0.540. The number of hydrogen-bond acceptors (Lipinski definition) is 2. The molecule has 1 atom stereocenters. The second-order valence-corrected chi connectivity index (χ2v) is 4.25. The topological polar surface area (TPSA) is 48.2 Å². The fourth-order valence-electron chi connectivity index (χ4n) is 1.52. The van der Waals surface area contributed by atoms with E-state index in [1.54, 1.807) is 31.2 Å². The smallest absolute Gasteiger partial charge is 0.205 e. The first kappa shape index (κ1) is 10.1. The summed E-state index contributed by atoms with van der Waals surface area (Å²) in [5.41, 5.74) is 7.30. The van der Waals surface area contributed by atoms with Gasteiger partial charge >= 0.3 is 0 Å². The van der Waals surface area contributed by atoms with Gasteiger partial charge in [0.25, 0.3) is 0 Å². The summed E-state index contributed by atoms with van der Waals surface area (Å²) in [6.45, 7) is 6.77. The largest absolute Gasteiger partial charge is 0.326 e. The maximum absolute atomic E-state index is 7.88. The number of aromatic nitrogens is 2. The molecule has 0 saturated heterocycles. The lowest BCUT2D eigenvalue weighted by atomic mass is 10.1. The molecule has 1 heterocycles. The van der Waals surface area contributed by atoms with Gasteiger partial charge in [-0.25, -0.2) is 4.85 Å². The van der Waals surface area contributed by atoms with Gasteiger partial charge in [0, 0.05) is 22.8 Å². The van der Waals surface area contributed by atoms with Gasteiger partial charge in [0.15, 0.2) is 0 Å². The highest BCUT2D eigenvalue weighted by molar-refractivity contribution is 6.33. The van der Waals surface area contributed by atoms with E-state index in [1.165, 1.54) is 10.9 Å². The van der Waals surface area contributed by atoms with Crippen LogP contribution in [0.25, 0.3) is 16.1 Å². The Morgan fingerprint density at radius 3 is 3.00 bits per heavy atom. The minimum Gasteiger partial charge on any atom is -0.326 e. The molecule has 0 saturated carbocycles.